The van der Waals surface area contributed by atoms with Gasteiger partial charge in [0.1, 0.15) is 0 Å². The molecule has 0 aromatic carbocycles. The van der Waals surface area contributed by atoms with Crippen LogP contribution in [0.2, 0.25) is 0 Å². The van der Waals surface area contributed by atoms with Crippen LogP contribution in [-0.2, 0) is 10.0 Å². The second kappa shape index (κ2) is 5.88. The molecule has 2 unspecified atom stereocenters. The zero-order chi connectivity index (χ0) is 13.2. The first-order valence-electron chi connectivity index (χ1n) is 7.18. The number of nitrogens with zero attached hydrogens (tertiary/aromatic N) is 1. The molecule has 2 rings (SSSR count). The highest BCUT2D eigenvalue weighted by Crippen LogP contribution is 2.23. The van der Waals surface area contributed by atoms with Gasteiger partial charge in [-0.3, -0.25) is 0 Å². The summed E-state index contributed by atoms with van der Waals surface area (Å²) in [4.78, 5) is 0. The van der Waals surface area contributed by atoms with E-state index in [1.165, 1.54) is 12.8 Å². The highest BCUT2D eigenvalue weighted by molar-refractivity contribution is 7.89. The summed E-state index contributed by atoms with van der Waals surface area (Å²) >= 11 is 0. The minimum absolute atomic E-state index is 0.298. The second-order valence-corrected chi connectivity index (χ2v) is 8.25. The molecule has 1 saturated heterocycles. The minimum atomic E-state index is -3.03. The van der Waals surface area contributed by atoms with Gasteiger partial charge in [-0.05, 0) is 44.1 Å². The summed E-state index contributed by atoms with van der Waals surface area (Å²) in [5.74, 6) is 1.29. The number of hydrogen-bond acceptors (Lipinski definition) is 3. The van der Waals surface area contributed by atoms with Crippen LogP contribution in [0.4, 0.5) is 0 Å². The van der Waals surface area contributed by atoms with Crippen molar-refractivity contribution >= 4 is 10.0 Å². The van der Waals surface area contributed by atoms with Gasteiger partial charge < -0.3 is 5.32 Å². The van der Waals surface area contributed by atoms with Crippen molar-refractivity contribution < 1.29 is 8.42 Å². The molecule has 18 heavy (non-hydrogen) atoms. The summed E-state index contributed by atoms with van der Waals surface area (Å²) in [5, 5.41) is 3.37. The standard InChI is InChI=1S/C13H26N2O2S/c1-11-8-12(2)10-15(9-11)18(16,17)7-3-6-14-13-4-5-13/h11-14H,3-10H2,1-2H3. The Morgan fingerprint density at radius 3 is 2.33 bits per heavy atom. The SMILES string of the molecule is CC1CC(C)CN(S(=O)(=O)CCCNC2CC2)C1. The first-order valence-corrected chi connectivity index (χ1v) is 8.79. The maximum atomic E-state index is 12.2. The molecule has 0 amide bonds. The number of nitrogens with one attached hydrogen (secondary N) is 1. The molecule has 0 aromatic rings. The molecule has 4 nitrogen and oxygen atoms in total. The molecule has 0 bridgehead atoms. The smallest absolute Gasteiger partial charge is 0.214 e. The van der Waals surface area contributed by atoms with Gasteiger partial charge in [0, 0.05) is 19.1 Å². The van der Waals surface area contributed by atoms with Gasteiger partial charge in [0.25, 0.3) is 0 Å². The van der Waals surface area contributed by atoms with Gasteiger partial charge in [-0.15, -0.1) is 0 Å². The number of hydrogen-bond donors (Lipinski definition) is 1. The second-order valence-electron chi connectivity index (χ2n) is 6.16. The lowest BCUT2D eigenvalue weighted by atomic mass is 9.94. The molecule has 2 atom stereocenters. The summed E-state index contributed by atoms with van der Waals surface area (Å²) in [6.45, 7) is 6.55. The fourth-order valence-corrected chi connectivity index (χ4v) is 4.54. The average molecular weight is 274 g/mol. The summed E-state index contributed by atoms with van der Waals surface area (Å²) < 4.78 is 26.2. The van der Waals surface area contributed by atoms with Gasteiger partial charge in [0.2, 0.25) is 10.0 Å². The van der Waals surface area contributed by atoms with E-state index in [0.717, 1.165) is 19.4 Å². The highest BCUT2D eigenvalue weighted by atomic mass is 32.2. The molecular formula is C13H26N2O2S. The first-order chi connectivity index (χ1) is 8.47. The van der Waals surface area contributed by atoms with Crippen molar-refractivity contribution in [2.45, 2.75) is 45.6 Å². The number of sulfonamides is 1. The molecule has 1 N–H and O–H groups in total. The van der Waals surface area contributed by atoms with Crippen LogP contribution in [0.25, 0.3) is 0 Å². The number of piperidine rings is 1. The molecular weight excluding hydrogens is 248 g/mol. The molecule has 106 valence electrons. The van der Waals surface area contributed by atoms with Crippen molar-refractivity contribution in [3.05, 3.63) is 0 Å². The van der Waals surface area contributed by atoms with Gasteiger partial charge in [-0.25, -0.2) is 12.7 Å². The summed E-state index contributed by atoms with van der Waals surface area (Å²) in [6, 6.07) is 0.669. The van der Waals surface area contributed by atoms with Crippen LogP contribution in [-0.4, -0.2) is 44.2 Å². The van der Waals surface area contributed by atoms with Crippen LogP contribution in [0.1, 0.15) is 39.5 Å². The van der Waals surface area contributed by atoms with Crippen LogP contribution in [0.5, 0.6) is 0 Å². The molecule has 1 aliphatic carbocycles. The Kier molecular flexibility index (Phi) is 4.67. The molecule has 1 heterocycles. The van der Waals surface area contributed by atoms with E-state index >= 15 is 0 Å². The van der Waals surface area contributed by atoms with Gasteiger partial charge in [0.05, 0.1) is 5.75 Å². The zero-order valence-corrected chi connectivity index (χ0v) is 12.4. The molecule has 2 aliphatic rings. The topological polar surface area (TPSA) is 49.4 Å². The van der Waals surface area contributed by atoms with E-state index in [0.29, 0.717) is 36.7 Å². The quantitative estimate of drug-likeness (QED) is 0.746. The van der Waals surface area contributed by atoms with Crippen molar-refractivity contribution in [3.8, 4) is 0 Å². The summed E-state index contributed by atoms with van der Waals surface area (Å²) in [5.41, 5.74) is 0. The Bertz CT molecular complexity index is 355. The zero-order valence-electron chi connectivity index (χ0n) is 11.6. The Morgan fingerprint density at radius 1 is 1.17 bits per heavy atom. The predicted molar refractivity (Wildman–Crippen MR) is 73.9 cm³/mol. The minimum Gasteiger partial charge on any atom is -0.314 e. The van der Waals surface area contributed by atoms with Crippen molar-refractivity contribution in [1.29, 1.82) is 0 Å². The molecule has 0 radical (unpaired) electrons. The normalized spacial score (nSPS) is 30.6. The Labute approximate surface area is 111 Å². The van der Waals surface area contributed by atoms with E-state index in [-0.39, 0.29) is 0 Å². The fraction of sp³-hybridized carbons (Fsp3) is 1.00. The van der Waals surface area contributed by atoms with Gasteiger partial charge in [-0.2, -0.15) is 0 Å². The molecule has 2 fully saturated rings. The summed E-state index contributed by atoms with van der Waals surface area (Å²) in [7, 11) is -3.03. The molecule has 1 aliphatic heterocycles. The van der Waals surface area contributed by atoms with E-state index < -0.39 is 10.0 Å². The van der Waals surface area contributed by atoms with E-state index in [1.54, 1.807) is 4.31 Å². The first kappa shape index (κ1) is 14.3. The maximum absolute atomic E-state index is 12.2. The van der Waals surface area contributed by atoms with Crippen LogP contribution >= 0.6 is 0 Å². The van der Waals surface area contributed by atoms with Crippen molar-refractivity contribution in [3.63, 3.8) is 0 Å². The molecule has 1 saturated carbocycles. The maximum Gasteiger partial charge on any atom is 0.214 e. The van der Waals surface area contributed by atoms with Crippen LogP contribution in [0, 0.1) is 11.8 Å². The van der Waals surface area contributed by atoms with Crippen molar-refractivity contribution in [2.24, 2.45) is 11.8 Å². The Morgan fingerprint density at radius 2 is 1.78 bits per heavy atom. The van der Waals surface area contributed by atoms with Crippen LogP contribution in [0.3, 0.4) is 0 Å². The van der Waals surface area contributed by atoms with E-state index in [2.05, 4.69) is 19.2 Å². The third-order valence-electron chi connectivity index (χ3n) is 3.82. The van der Waals surface area contributed by atoms with Gasteiger partial charge in [0.15, 0.2) is 0 Å². The van der Waals surface area contributed by atoms with Crippen molar-refractivity contribution in [2.75, 3.05) is 25.4 Å². The van der Waals surface area contributed by atoms with E-state index in [4.69, 9.17) is 0 Å². The monoisotopic (exact) mass is 274 g/mol. The third kappa shape index (κ3) is 4.21. The largest absolute Gasteiger partial charge is 0.314 e. The van der Waals surface area contributed by atoms with Crippen LogP contribution in [0.15, 0.2) is 0 Å². The van der Waals surface area contributed by atoms with Crippen molar-refractivity contribution in [1.82, 2.24) is 9.62 Å². The van der Waals surface area contributed by atoms with E-state index in [9.17, 15) is 8.42 Å². The lowest BCUT2D eigenvalue weighted by Crippen LogP contribution is -2.43. The fourth-order valence-electron chi connectivity index (χ4n) is 2.81. The Balaban J connectivity index is 1.77. The molecule has 0 aromatic heterocycles. The predicted octanol–water partition coefficient (Wildman–Crippen LogP) is 1.44. The van der Waals surface area contributed by atoms with Gasteiger partial charge >= 0.3 is 0 Å². The van der Waals surface area contributed by atoms with E-state index in [1.807, 2.05) is 0 Å². The lowest BCUT2D eigenvalue weighted by Gasteiger charge is -2.34. The van der Waals surface area contributed by atoms with Crippen LogP contribution < -0.4 is 5.32 Å². The lowest BCUT2D eigenvalue weighted by molar-refractivity contribution is 0.222. The Hall–Kier alpha value is -0.130. The average Bonchev–Trinajstić information content (AvgIpc) is 3.07. The van der Waals surface area contributed by atoms with Gasteiger partial charge in [-0.1, -0.05) is 13.8 Å². The molecule has 5 heteroatoms. The summed E-state index contributed by atoms with van der Waals surface area (Å²) in [6.07, 6.45) is 4.40. The third-order valence-corrected chi connectivity index (χ3v) is 5.71. The number of rotatable bonds is 6. The highest BCUT2D eigenvalue weighted by Gasteiger charge is 2.30. The molecule has 0 spiro atoms.